The molecule has 0 saturated heterocycles. The van der Waals surface area contributed by atoms with Crippen molar-refractivity contribution in [3.63, 3.8) is 0 Å². The summed E-state index contributed by atoms with van der Waals surface area (Å²) in [6.07, 6.45) is 9.55. The van der Waals surface area contributed by atoms with Gasteiger partial charge in [-0.2, -0.15) is 0 Å². The lowest BCUT2D eigenvalue weighted by Gasteiger charge is -2.18. The molecule has 0 atom stereocenters. The van der Waals surface area contributed by atoms with Gasteiger partial charge >= 0.3 is 0 Å². The number of carbonyl (C=O) groups is 1. The van der Waals surface area contributed by atoms with Gasteiger partial charge in [-0.15, -0.1) is 0 Å². The largest absolute Gasteiger partial charge is 0.360 e. The van der Waals surface area contributed by atoms with E-state index in [0.29, 0.717) is 11.1 Å². The first-order valence-electron chi connectivity index (χ1n) is 7.96. The van der Waals surface area contributed by atoms with Crippen molar-refractivity contribution in [2.24, 2.45) is 5.92 Å². The summed E-state index contributed by atoms with van der Waals surface area (Å²) in [5.41, 5.74) is 1.37. The van der Waals surface area contributed by atoms with E-state index in [1.165, 1.54) is 31.4 Å². The number of rotatable bonds is 3. The quantitative estimate of drug-likeness (QED) is 0.510. The van der Waals surface area contributed by atoms with E-state index in [2.05, 4.69) is 4.98 Å². The van der Waals surface area contributed by atoms with Crippen LogP contribution >= 0.6 is 0 Å². The number of nitro groups is 1. The van der Waals surface area contributed by atoms with Crippen molar-refractivity contribution in [1.82, 2.24) is 4.98 Å². The monoisotopic (exact) mass is 300 g/mol. The van der Waals surface area contributed by atoms with Crippen LogP contribution in [0.5, 0.6) is 0 Å². The summed E-state index contributed by atoms with van der Waals surface area (Å²) in [5.74, 6) is 0.275. The Morgan fingerprint density at radius 1 is 1.14 bits per heavy atom. The second kappa shape index (κ2) is 6.30. The predicted molar refractivity (Wildman–Crippen MR) is 85.1 cm³/mol. The topological polar surface area (TPSA) is 76.0 Å². The highest BCUT2D eigenvalue weighted by Gasteiger charge is 2.23. The van der Waals surface area contributed by atoms with Crippen LogP contribution in [-0.4, -0.2) is 15.7 Å². The molecule has 116 valence electrons. The predicted octanol–water partition coefficient (Wildman–Crippen LogP) is 4.62. The standard InChI is InChI=1S/C17H20N2O3/c20-17(12-6-4-2-1-3-5-7-12)15-11-18-16-10-13(19(21)22)8-9-14(15)16/h8-12,18H,1-7H2. The molecule has 1 aliphatic rings. The zero-order valence-corrected chi connectivity index (χ0v) is 12.5. The summed E-state index contributed by atoms with van der Waals surface area (Å²) in [6.45, 7) is 0. The zero-order chi connectivity index (χ0) is 15.5. The number of H-pyrrole nitrogens is 1. The van der Waals surface area contributed by atoms with Gasteiger partial charge in [0.25, 0.3) is 5.69 Å². The number of nitrogens with zero attached hydrogens (tertiary/aromatic N) is 1. The molecule has 1 N–H and O–H groups in total. The van der Waals surface area contributed by atoms with Gasteiger partial charge in [0.1, 0.15) is 0 Å². The van der Waals surface area contributed by atoms with E-state index >= 15 is 0 Å². The van der Waals surface area contributed by atoms with Crippen LogP contribution in [0.15, 0.2) is 24.4 Å². The van der Waals surface area contributed by atoms with E-state index in [1.807, 2.05) is 0 Å². The van der Waals surface area contributed by atoms with E-state index in [0.717, 1.165) is 31.1 Å². The number of nitro benzene ring substituents is 1. The van der Waals surface area contributed by atoms with Crippen LogP contribution in [0.1, 0.15) is 55.3 Å². The van der Waals surface area contributed by atoms with E-state index in [9.17, 15) is 14.9 Å². The number of Topliss-reactive ketones (excluding diaryl/α,β-unsaturated/α-hetero) is 1. The van der Waals surface area contributed by atoms with Gasteiger partial charge in [-0.05, 0) is 18.9 Å². The number of benzene rings is 1. The molecular weight excluding hydrogens is 280 g/mol. The van der Waals surface area contributed by atoms with E-state index in [-0.39, 0.29) is 17.4 Å². The second-order valence-electron chi connectivity index (χ2n) is 6.10. The van der Waals surface area contributed by atoms with Crippen molar-refractivity contribution in [1.29, 1.82) is 0 Å². The minimum absolute atomic E-state index is 0.0410. The molecule has 3 rings (SSSR count). The van der Waals surface area contributed by atoms with Crippen molar-refractivity contribution in [2.75, 3.05) is 0 Å². The molecule has 0 radical (unpaired) electrons. The summed E-state index contributed by atoms with van der Waals surface area (Å²) >= 11 is 0. The highest BCUT2D eigenvalue weighted by Crippen LogP contribution is 2.29. The number of carbonyl (C=O) groups excluding carboxylic acids is 1. The molecule has 1 aliphatic carbocycles. The number of hydrogen-bond acceptors (Lipinski definition) is 3. The Kier molecular flexibility index (Phi) is 4.22. The first-order chi connectivity index (χ1) is 10.7. The Balaban J connectivity index is 1.88. The van der Waals surface area contributed by atoms with Gasteiger partial charge in [-0.1, -0.05) is 32.1 Å². The van der Waals surface area contributed by atoms with Crippen LogP contribution in [0.25, 0.3) is 10.9 Å². The Morgan fingerprint density at radius 3 is 2.50 bits per heavy atom. The fourth-order valence-corrected chi connectivity index (χ4v) is 3.37. The molecule has 1 aromatic heterocycles. The van der Waals surface area contributed by atoms with Gasteiger partial charge in [-0.3, -0.25) is 14.9 Å². The van der Waals surface area contributed by atoms with Gasteiger partial charge in [-0.25, -0.2) is 0 Å². The summed E-state index contributed by atoms with van der Waals surface area (Å²) < 4.78 is 0. The maximum atomic E-state index is 12.8. The number of ketones is 1. The zero-order valence-electron chi connectivity index (χ0n) is 12.5. The molecule has 0 spiro atoms. The first-order valence-corrected chi connectivity index (χ1v) is 7.96. The molecule has 0 amide bonds. The molecule has 22 heavy (non-hydrogen) atoms. The molecule has 0 aliphatic heterocycles. The summed E-state index contributed by atoms with van der Waals surface area (Å²) in [4.78, 5) is 26.2. The number of hydrogen-bond donors (Lipinski definition) is 1. The van der Waals surface area contributed by atoms with Gasteiger partial charge < -0.3 is 4.98 Å². The molecule has 2 aromatic rings. The van der Waals surface area contributed by atoms with E-state index in [4.69, 9.17) is 0 Å². The molecule has 1 fully saturated rings. The molecule has 0 unspecified atom stereocenters. The van der Waals surface area contributed by atoms with Crippen LogP contribution in [0.3, 0.4) is 0 Å². The molecule has 0 bridgehead atoms. The highest BCUT2D eigenvalue weighted by molar-refractivity contribution is 6.09. The van der Waals surface area contributed by atoms with E-state index < -0.39 is 4.92 Å². The lowest BCUT2D eigenvalue weighted by atomic mass is 9.85. The fraction of sp³-hybridized carbons (Fsp3) is 0.471. The van der Waals surface area contributed by atoms with Gasteiger partial charge in [0, 0.05) is 35.2 Å². The van der Waals surface area contributed by atoms with Crippen LogP contribution < -0.4 is 0 Å². The SMILES string of the molecule is O=C(c1c[nH]c2cc([N+](=O)[O-])ccc12)C1CCCCCCC1. The highest BCUT2D eigenvalue weighted by atomic mass is 16.6. The number of aromatic amines is 1. The Hall–Kier alpha value is -2.17. The number of fused-ring (bicyclic) bond motifs is 1. The smallest absolute Gasteiger partial charge is 0.271 e. The van der Waals surface area contributed by atoms with Crippen LogP contribution in [-0.2, 0) is 0 Å². The third-order valence-corrected chi connectivity index (χ3v) is 4.62. The summed E-state index contributed by atoms with van der Waals surface area (Å²) in [6, 6.07) is 4.63. The number of aromatic nitrogens is 1. The fourth-order valence-electron chi connectivity index (χ4n) is 3.37. The van der Waals surface area contributed by atoms with Crippen molar-refractivity contribution < 1.29 is 9.72 Å². The van der Waals surface area contributed by atoms with Crippen molar-refractivity contribution in [3.8, 4) is 0 Å². The van der Waals surface area contributed by atoms with E-state index in [1.54, 1.807) is 12.3 Å². The molecule has 1 aromatic carbocycles. The Bertz CT molecular complexity index is 697. The number of non-ortho nitro benzene ring substituents is 1. The van der Waals surface area contributed by atoms with Crippen molar-refractivity contribution >= 4 is 22.4 Å². The van der Waals surface area contributed by atoms with Crippen LogP contribution in [0, 0.1) is 16.0 Å². The lowest BCUT2D eigenvalue weighted by Crippen LogP contribution is -2.16. The Morgan fingerprint density at radius 2 is 1.82 bits per heavy atom. The van der Waals surface area contributed by atoms with Crippen molar-refractivity contribution in [3.05, 3.63) is 40.1 Å². The first kappa shape index (κ1) is 14.8. The van der Waals surface area contributed by atoms with Gasteiger partial charge in [0.2, 0.25) is 0 Å². The molecule has 5 nitrogen and oxygen atoms in total. The van der Waals surface area contributed by atoms with Crippen molar-refractivity contribution in [2.45, 2.75) is 44.9 Å². The molecular formula is C17H20N2O3. The third kappa shape index (κ3) is 2.89. The molecule has 5 heteroatoms. The Labute approximate surface area is 128 Å². The normalized spacial score (nSPS) is 17.1. The minimum Gasteiger partial charge on any atom is -0.360 e. The van der Waals surface area contributed by atoms with Crippen LogP contribution in [0.4, 0.5) is 5.69 Å². The van der Waals surface area contributed by atoms with Gasteiger partial charge in [0.15, 0.2) is 5.78 Å². The lowest BCUT2D eigenvalue weighted by molar-refractivity contribution is -0.384. The van der Waals surface area contributed by atoms with Gasteiger partial charge in [0.05, 0.1) is 10.4 Å². The summed E-state index contributed by atoms with van der Waals surface area (Å²) in [7, 11) is 0. The number of nitrogens with one attached hydrogen (secondary N) is 1. The van der Waals surface area contributed by atoms with Crippen LogP contribution in [0.2, 0.25) is 0 Å². The minimum atomic E-state index is -0.420. The molecule has 1 saturated carbocycles. The average Bonchev–Trinajstić information content (AvgIpc) is 2.89. The maximum absolute atomic E-state index is 12.8. The third-order valence-electron chi connectivity index (χ3n) is 4.62. The second-order valence-corrected chi connectivity index (χ2v) is 6.10. The maximum Gasteiger partial charge on any atom is 0.271 e. The summed E-state index contributed by atoms with van der Waals surface area (Å²) in [5, 5.41) is 11.6. The molecule has 1 heterocycles. The average molecular weight is 300 g/mol.